The molecule has 0 unspecified atom stereocenters. The highest BCUT2D eigenvalue weighted by molar-refractivity contribution is 5.69. The summed E-state index contributed by atoms with van der Waals surface area (Å²) in [5, 5.41) is 9.33. The van der Waals surface area contributed by atoms with Gasteiger partial charge in [0.25, 0.3) is 0 Å². The topological polar surface area (TPSA) is 55.8 Å². The van der Waals surface area contributed by atoms with Crippen LogP contribution in [-0.4, -0.2) is 24.3 Å². The molecule has 0 radical (unpaired) electrons. The summed E-state index contributed by atoms with van der Waals surface area (Å²) in [6, 6.07) is 4.44. The van der Waals surface area contributed by atoms with E-state index in [0.29, 0.717) is 25.4 Å². The molecule has 0 spiro atoms. The first-order chi connectivity index (χ1) is 10.0. The number of benzene rings is 1. The summed E-state index contributed by atoms with van der Waals surface area (Å²) >= 11 is 0. The number of esters is 1. The third-order valence-corrected chi connectivity index (χ3v) is 3.02. The Hall–Kier alpha value is -1.62. The average molecular weight is 298 g/mol. The van der Waals surface area contributed by atoms with Gasteiger partial charge in [-0.1, -0.05) is 0 Å². The van der Waals surface area contributed by atoms with E-state index in [1.807, 2.05) is 0 Å². The first-order valence-corrected chi connectivity index (χ1v) is 7.30. The molecule has 0 aliphatic heterocycles. The van der Waals surface area contributed by atoms with E-state index in [-0.39, 0.29) is 11.5 Å². The molecule has 4 nitrogen and oxygen atoms in total. The van der Waals surface area contributed by atoms with Crippen LogP contribution >= 0.6 is 0 Å². The van der Waals surface area contributed by atoms with Gasteiger partial charge in [-0.05, 0) is 45.2 Å². The lowest BCUT2D eigenvalue weighted by atomic mass is 10.1. The van der Waals surface area contributed by atoms with Crippen LogP contribution in [0.2, 0.25) is 0 Å². The zero-order valence-corrected chi connectivity index (χ0v) is 12.6. The van der Waals surface area contributed by atoms with E-state index >= 15 is 0 Å². The van der Waals surface area contributed by atoms with Gasteiger partial charge in [-0.15, -0.1) is 0 Å². The van der Waals surface area contributed by atoms with Crippen molar-refractivity contribution in [2.75, 3.05) is 13.2 Å². The molecule has 0 saturated carbocycles. The molecular formula is C16H23FO4. The number of aliphatic hydroxyl groups excluding tert-OH is 1. The van der Waals surface area contributed by atoms with Gasteiger partial charge < -0.3 is 14.6 Å². The molecule has 21 heavy (non-hydrogen) atoms. The maximum Gasteiger partial charge on any atom is 0.305 e. The van der Waals surface area contributed by atoms with Crippen molar-refractivity contribution in [3.63, 3.8) is 0 Å². The van der Waals surface area contributed by atoms with E-state index < -0.39 is 11.9 Å². The van der Waals surface area contributed by atoms with Crippen LogP contribution in [-0.2, 0) is 9.53 Å². The molecule has 0 heterocycles. The lowest BCUT2D eigenvalue weighted by Gasteiger charge is -2.10. The second-order valence-electron chi connectivity index (χ2n) is 4.82. The normalized spacial score (nSPS) is 12.0. The second kappa shape index (κ2) is 9.34. The zero-order chi connectivity index (χ0) is 15.7. The first-order valence-electron chi connectivity index (χ1n) is 7.30. The van der Waals surface area contributed by atoms with Gasteiger partial charge >= 0.3 is 5.97 Å². The fourth-order valence-corrected chi connectivity index (χ4v) is 1.91. The molecule has 0 fully saturated rings. The van der Waals surface area contributed by atoms with Crippen LogP contribution in [0.3, 0.4) is 0 Å². The molecule has 0 amide bonds. The standard InChI is InChI=1S/C16H23FO4/c1-3-20-16(19)7-5-4-6-10-21-13-8-9-14(12(2)18)15(17)11-13/h8-9,11-12,18H,3-7,10H2,1-2H3/t12-/m0/s1. The van der Waals surface area contributed by atoms with E-state index in [0.717, 1.165) is 19.3 Å². The first kappa shape index (κ1) is 17.4. The Bertz CT molecular complexity index is 446. The van der Waals surface area contributed by atoms with Crippen LogP contribution in [0.4, 0.5) is 4.39 Å². The monoisotopic (exact) mass is 298 g/mol. The minimum atomic E-state index is -0.832. The Labute approximate surface area is 124 Å². The van der Waals surface area contributed by atoms with Crippen molar-refractivity contribution in [1.82, 2.24) is 0 Å². The van der Waals surface area contributed by atoms with E-state index in [4.69, 9.17) is 9.47 Å². The van der Waals surface area contributed by atoms with Crippen LogP contribution in [0.5, 0.6) is 5.75 Å². The highest BCUT2D eigenvalue weighted by atomic mass is 19.1. The number of hydrogen-bond donors (Lipinski definition) is 1. The predicted octanol–water partition coefficient (Wildman–Crippen LogP) is 3.38. The van der Waals surface area contributed by atoms with Gasteiger partial charge in [0.05, 0.1) is 19.3 Å². The highest BCUT2D eigenvalue weighted by Crippen LogP contribution is 2.21. The van der Waals surface area contributed by atoms with Gasteiger partial charge in [-0.2, -0.15) is 0 Å². The van der Waals surface area contributed by atoms with Crippen LogP contribution in [0.1, 0.15) is 51.2 Å². The third-order valence-electron chi connectivity index (χ3n) is 3.02. The van der Waals surface area contributed by atoms with Crippen molar-refractivity contribution >= 4 is 5.97 Å². The van der Waals surface area contributed by atoms with Crippen molar-refractivity contribution in [3.05, 3.63) is 29.6 Å². The maximum atomic E-state index is 13.6. The van der Waals surface area contributed by atoms with Crippen molar-refractivity contribution in [2.24, 2.45) is 0 Å². The fourth-order valence-electron chi connectivity index (χ4n) is 1.91. The summed E-state index contributed by atoms with van der Waals surface area (Å²) in [4.78, 5) is 11.1. The molecule has 0 aliphatic rings. The predicted molar refractivity (Wildman–Crippen MR) is 77.6 cm³/mol. The highest BCUT2D eigenvalue weighted by Gasteiger charge is 2.09. The zero-order valence-electron chi connectivity index (χ0n) is 12.6. The third kappa shape index (κ3) is 6.58. The molecule has 0 bridgehead atoms. The Balaban J connectivity index is 2.21. The number of unbranched alkanes of at least 4 members (excludes halogenated alkanes) is 2. The SMILES string of the molecule is CCOC(=O)CCCCCOc1ccc([C@H](C)O)c(F)c1. The molecule has 0 saturated heterocycles. The number of ether oxygens (including phenoxy) is 2. The van der Waals surface area contributed by atoms with Crippen molar-refractivity contribution in [2.45, 2.75) is 45.6 Å². The Kier molecular flexibility index (Phi) is 7.75. The van der Waals surface area contributed by atoms with Crippen LogP contribution in [0.25, 0.3) is 0 Å². The van der Waals surface area contributed by atoms with Crippen LogP contribution in [0, 0.1) is 5.82 Å². The molecule has 1 N–H and O–H groups in total. The summed E-state index contributed by atoms with van der Waals surface area (Å²) < 4.78 is 23.9. The smallest absolute Gasteiger partial charge is 0.305 e. The van der Waals surface area contributed by atoms with Crippen LogP contribution < -0.4 is 4.74 Å². The molecule has 1 atom stereocenters. The van der Waals surface area contributed by atoms with Gasteiger partial charge in [0.1, 0.15) is 11.6 Å². The maximum absolute atomic E-state index is 13.6. The summed E-state index contributed by atoms with van der Waals surface area (Å²) in [6.45, 7) is 4.18. The Morgan fingerprint density at radius 3 is 2.71 bits per heavy atom. The Morgan fingerprint density at radius 2 is 2.10 bits per heavy atom. The molecule has 1 aromatic rings. The summed E-state index contributed by atoms with van der Waals surface area (Å²) in [7, 11) is 0. The van der Waals surface area contributed by atoms with Gasteiger partial charge in [-0.25, -0.2) is 4.39 Å². The van der Waals surface area contributed by atoms with E-state index in [2.05, 4.69) is 0 Å². The lowest BCUT2D eigenvalue weighted by molar-refractivity contribution is -0.143. The number of aliphatic hydroxyl groups is 1. The molecule has 0 aromatic heterocycles. The van der Waals surface area contributed by atoms with Gasteiger partial charge in [0, 0.05) is 18.1 Å². The van der Waals surface area contributed by atoms with Crippen molar-refractivity contribution in [3.8, 4) is 5.75 Å². The van der Waals surface area contributed by atoms with E-state index in [1.165, 1.54) is 19.1 Å². The van der Waals surface area contributed by atoms with Gasteiger partial charge in [-0.3, -0.25) is 4.79 Å². The van der Waals surface area contributed by atoms with E-state index in [1.54, 1.807) is 13.0 Å². The molecular weight excluding hydrogens is 275 g/mol. The minimum absolute atomic E-state index is 0.172. The van der Waals surface area contributed by atoms with Crippen LogP contribution in [0.15, 0.2) is 18.2 Å². The largest absolute Gasteiger partial charge is 0.493 e. The quantitative estimate of drug-likeness (QED) is 0.561. The van der Waals surface area contributed by atoms with Gasteiger partial charge in [0.2, 0.25) is 0 Å². The molecule has 0 aliphatic carbocycles. The molecule has 1 rings (SSSR count). The van der Waals surface area contributed by atoms with E-state index in [9.17, 15) is 14.3 Å². The molecule has 1 aromatic carbocycles. The summed E-state index contributed by atoms with van der Waals surface area (Å²) in [5.41, 5.74) is 0.261. The molecule has 118 valence electrons. The van der Waals surface area contributed by atoms with Crippen molar-refractivity contribution in [1.29, 1.82) is 0 Å². The number of hydrogen-bond acceptors (Lipinski definition) is 4. The number of halogens is 1. The van der Waals surface area contributed by atoms with Crippen molar-refractivity contribution < 1.29 is 23.8 Å². The fraction of sp³-hybridized carbons (Fsp3) is 0.562. The number of carbonyl (C=O) groups is 1. The Morgan fingerprint density at radius 1 is 1.33 bits per heavy atom. The lowest BCUT2D eigenvalue weighted by Crippen LogP contribution is -2.04. The number of rotatable bonds is 9. The average Bonchev–Trinajstić information content (AvgIpc) is 2.42. The molecule has 5 heteroatoms. The van der Waals surface area contributed by atoms with Gasteiger partial charge in [0.15, 0.2) is 0 Å². The summed E-state index contributed by atoms with van der Waals surface area (Å²) in [5.74, 6) is -0.193. The number of carbonyl (C=O) groups excluding carboxylic acids is 1. The summed E-state index contributed by atoms with van der Waals surface area (Å²) in [6.07, 6.45) is 2.00. The minimum Gasteiger partial charge on any atom is -0.493 e. The second-order valence-corrected chi connectivity index (χ2v) is 4.82.